The molecule has 0 aliphatic heterocycles. The van der Waals surface area contributed by atoms with Gasteiger partial charge in [-0.3, -0.25) is 9.59 Å². The summed E-state index contributed by atoms with van der Waals surface area (Å²) in [5, 5.41) is 10.2. The van der Waals surface area contributed by atoms with Crippen molar-refractivity contribution in [3.8, 4) is 0 Å². The molecular weight excluding hydrogens is 372 g/mol. The Morgan fingerprint density at radius 2 is 1.67 bits per heavy atom. The summed E-state index contributed by atoms with van der Waals surface area (Å²) in [5.41, 5.74) is 1.68. The van der Waals surface area contributed by atoms with E-state index in [2.05, 4.69) is 34.6 Å². The van der Waals surface area contributed by atoms with E-state index in [0.717, 1.165) is 12.8 Å². The molecule has 4 rings (SSSR count). The normalized spacial score (nSPS) is 44.2. The minimum Gasteiger partial charge on any atom is -0.393 e. The van der Waals surface area contributed by atoms with Crippen molar-refractivity contribution >= 4 is 11.6 Å². The van der Waals surface area contributed by atoms with Crippen LogP contribution in [0.2, 0.25) is 0 Å². The number of aliphatic hydroxyl groups excluding tert-OH is 1. The Morgan fingerprint density at radius 3 is 2.37 bits per heavy atom. The first-order valence-corrected chi connectivity index (χ1v) is 12.5. The molecule has 30 heavy (non-hydrogen) atoms. The van der Waals surface area contributed by atoms with Crippen molar-refractivity contribution in [1.29, 1.82) is 0 Å². The van der Waals surface area contributed by atoms with E-state index in [1.165, 1.54) is 31.3 Å². The number of rotatable bonds is 5. The zero-order chi connectivity index (χ0) is 21.8. The van der Waals surface area contributed by atoms with Gasteiger partial charge in [-0.25, -0.2) is 0 Å². The number of ketones is 2. The highest BCUT2D eigenvalue weighted by atomic mass is 16.3. The minimum absolute atomic E-state index is 0.00383. The first-order chi connectivity index (χ1) is 14.1. The number of aliphatic hydroxyl groups is 1. The molecule has 8 atom stereocenters. The van der Waals surface area contributed by atoms with Crippen molar-refractivity contribution in [1.82, 2.24) is 0 Å². The van der Waals surface area contributed by atoms with E-state index >= 15 is 0 Å². The zero-order valence-corrected chi connectivity index (χ0v) is 19.7. The van der Waals surface area contributed by atoms with E-state index in [1.54, 1.807) is 0 Å². The summed E-state index contributed by atoms with van der Waals surface area (Å²) < 4.78 is 0. The number of hydrogen-bond donors (Lipinski definition) is 1. The Bertz CT molecular complexity index is 736. The summed E-state index contributed by atoms with van der Waals surface area (Å²) in [6.45, 7) is 11.3. The molecule has 0 aromatic carbocycles. The Hall–Kier alpha value is -0.960. The van der Waals surface area contributed by atoms with Gasteiger partial charge in [0, 0.05) is 18.8 Å². The van der Waals surface area contributed by atoms with Gasteiger partial charge in [0.15, 0.2) is 5.78 Å². The van der Waals surface area contributed by atoms with Crippen molar-refractivity contribution in [2.45, 2.75) is 98.5 Å². The second kappa shape index (κ2) is 7.87. The highest BCUT2D eigenvalue weighted by Crippen LogP contribution is 2.66. The van der Waals surface area contributed by atoms with Gasteiger partial charge in [-0.2, -0.15) is 0 Å². The van der Waals surface area contributed by atoms with Gasteiger partial charge in [0.25, 0.3) is 0 Å². The second-order valence-corrected chi connectivity index (χ2v) is 12.2. The van der Waals surface area contributed by atoms with Crippen LogP contribution in [0.1, 0.15) is 92.4 Å². The van der Waals surface area contributed by atoms with Gasteiger partial charge in [0.1, 0.15) is 5.78 Å². The highest BCUT2D eigenvalue weighted by Gasteiger charge is 2.59. The summed E-state index contributed by atoms with van der Waals surface area (Å²) in [6, 6.07) is 0. The SMILES string of the molecule is CC(C)CC(=O)CC(C)C1CCC2C3=CC(=O)C4CC(O)CCC4(C)C3CCC21C. The van der Waals surface area contributed by atoms with Crippen molar-refractivity contribution < 1.29 is 14.7 Å². The van der Waals surface area contributed by atoms with E-state index in [9.17, 15) is 14.7 Å². The van der Waals surface area contributed by atoms with Crippen LogP contribution in [-0.4, -0.2) is 22.8 Å². The summed E-state index contributed by atoms with van der Waals surface area (Å²) in [7, 11) is 0. The molecule has 0 aromatic rings. The molecule has 1 N–H and O–H groups in total. The lowest BCUT2D eigenvalue weighted by molar-refractivity contribution is -0.132. The highest BCUT2D eigenvalue weighted by molar-refractivity contribution is 5.94. The van der Waals surface area contributed by atoms with Gasteiger partial charge in [-0.15, -0.1) is 0 Å². The second-order valence-electron chi connectivity index (χ2n) is 12.2. The third kappa shape index (κ3) is 3.53. The van der Waals surface area contributed by atoms with Crippen LogP contribution in [0.3, 0.4) is 0 Å². The predicted octanol–water partition coefficient (Wildman–Crippen LogP) is 5.75. The van der Waals surface area contributed by atoms with Crippen molar-refractivity contribution in [3.63, 3.8) is 0 Å². The number of hydrogen-bond acceptors (Lipinski definition) is 3. The lowest BCUT2D eigenvalue weighted by Crippen LogP contribution is -2.52. The molecule has 0 radical (unpaired) electrons. The summed E-state index contributed by atoms with van der Waals surface area (Å²) in [4.78, 5) is 25.7. The molecule has 3 fully saturated rings. The van der Waals surface area contributed by atoms with Gasteiger partial charge in [-0.05, 0) is 91.4 Å². The zero-order valence-electron chi connectivity index (χ0n) is 19.7. The monoisotopic (exact) mass is 414 g/mol. The van der Waals surface area contributed by atoms with Crippen LogP contribution in [0.25, 0.3) is 0 Å². The van der Waals surface area contributed by atoms with E-state index in [1.807, 2.05) is 6.08 Å². The molecule has 4 aliphatic rings. The lowest BCUT2D eigenvalue weighted by Gasteiger charge is -2.57. The third-order valence-corrected chi connectivity index (χ3v) is 9.83. The average Bonchev–Trinajstić information content (AvgIpc) is 3.00. The summed E-state index contributed by atoms with van der Waals surface area (Å²) >= 11 is 0. The fraction of sp³-hybridized carbons (Fsp3) is 0.852. The Labute approximate surface area is 183 Å². The van der Waals surface area contributed by atoms with Crippen LogP contribution < -0.4 is 0 Å². The maximum absolute atomic E-state index is 13.2. The molecule has 0 bridgehead atoms. The Morgan fingerprint density at radius 1 is 1.00 bits per heavy atom. The van der Waals surface area contributed by atoms with Crippen molar-refractivity contribution in [3.05, 3.63) is 11.6 Å². The minimum atomic E-state index is -0.309. The van der Waals surface area contributed by atoms with Crippen LogP contribution >= 0.6 is 0 Å². The maximum atomic E-state index is 13.2. The molecular formula is C27H42O3. The van der Waals surface area contributed by atoms with E-state index < -0.39 is 0 Å². The molecule has 3 nitrogen and oxygen atoms in total. The van der Waals surface area contributed by atoms with Gasteiger partial charge in [0.05, 0.1) is 6.10 Å². The van der Waals surface area contributed by atoms with Crippen molar-refractivity contribution in [2.24, 2.45) is 46.3 Å². The van der Waals surface area contributed by atoms with E-state index in [-0.39, 0.29) is 28.6 Å². The van der Waals surface area contributed by atoms with E-state index in [0.29, 0.717) is 54.6 Å². The lowest BCUT2D eigenvalue weighted by atomic mass is 9.47. The smallest absolute Gasteiger partial charge is 0.159 e. The third-order valence-electron chi connectivity index (χ3n) is 9.83. The fourth-order valence-electron chi connectivity index (χ4n) is 8.36. The topological polar surface area (TPSA) is 54.4 Å². The molecule has 0 heterocycles. The number of Topliss-reactive ketones (excluding diaryl/α,β-unsaturated/α-hetero) is 1. The molecule has 0 amide bonds. The fourth-order valence-corrected chi connectivity index (χ4v) is 8.36. The molecule has 3 heteroatoms. The molecule has 4 aliphatic carbocycles. The van der Waals surface area contributed by atoms with Crippen molar-refractivity contribution in [2.75, 3.05) is 0 Å². The average molecular weight is 415 g/mol. The van der Waals surface area contributed by atoms with Gasteiger partial charge in [-0.1, -0.05) is 40.2 Å². The van der Waals surface area contributed by atoms with Crippen LogP contribution in [0, 0.1) is 46.3 Å². The molecule has 0 spiro atoms. The van der Waals surface area contributed by atoms with Crippen LogP contribution in [0.15, 0.2) is 11.6 Å². The van der Waals surface area contributed by atoms with Gasteiger partial charge in [0.2, 0.25) is 0 Å². The first kappa shape index (κ1) is 22.2. The molecule has 8 unspecified atom stereocenters. The van der Waals surface area contributed by atoms with Crippen LogP contribution in [-0.2, 0) is 9.59 Å². The molecule has 0 aromatic heterocycles. The molecule has 168 valence electrons. The number of fused-ring (bicyclic) bond motifs is 5. The van der Waals surface area contributed by atoms with Gasteiger partial charge >= 0.3 is 0 Å². The molecule has 3 saturated carbocycles. The number of allylic oxidation sites excluding steroid dienone is 2. The summed E-state index contributed by atoms with van der Waals surface area (Å²) in [6.07, 6.45) is 10.3. The van der Waals surface area contributed by atoms with Crippen LogP contribution in [0.4, 0.5) is 0 Å². The first-order valence-electron chi connectivity index (χ1n) is 12.5. The Kier molecular flexibility index (Phi) is 5.83. The standard InChI is InChI=1S/C27H42O3/c1-16(2)12-19(29)13-17(3)21-6-7-22-20-15-25(30)24-14-18(28)8-10-27(24,5)23(20)9-11-26(21,22)4/h15-18,21-24,28H,6-14H2,1-5H3. The maximum Gasteiger partial charge on any atom is 0.159 e. The quantitative estimate of drug-likeness (QED) is 0.623. The van der Waals surface area contributed by atoms with Crippen LogP contribution in [0.5, 0.6) is 0 Å². The largest absolute Gasteiger partial charge is 0.393 e. The molecule has 0 saturated heterocycles. The van der Waals surface area contributed by atoms with Gasteiger partial charge < -0.3 is 5.11 Å². The number of carbonyl (C=O) groups is 2. The van der Waals surface area contributed by atoms with E-state index in [4.69, 9.17) is 0 Å². The summed E-state index contributed by atoms with van der Waals surface area (Å²) in [5.74, 6) is 3.14. The Balaban J connectivity index is 1.56. The predicted molar refractivity (Wildman–Crippen MR) is 120 cm³/mol. The number of carbonyl (C=O) groups excluding carboxylic acids is 2.